The number of pyridine rings is 1. The quantitative estimate of drug-likeness (QED) is 0.354. The molecule has 1 aliphatic carbocycles. The van der Waals surface area contributed by atoms with Gasteiger partial charge in [0, 0.05) is 45.8 Å². The lowest BCUT2D eigenvalue weighted by Crippen LogP contribution is -2.22. The Morgan fingerprint density at radius 1 is 1.32 bits per heavy atom. The minimum atomic E-state index is -0.990. The van der Waals surface area contributed by atoms with Crippen molar-refractivity contribution in [1.82, 2.24) is 9.55 Å². The molecule has 0 bridgehead atoms. The number of aryl methyl sites for hydroxylation is 1. The molecule has 0 aliphatic heterocycles. The first kappa shape index (κ1) is 19.2. The molecule has 0 spiro atoms. The van der Waals surface area contributed by atoms with Crippen LogP contribution >= 0.6 is 0 Å². The molecule has 1 unspecified atom stereocenters. The van der Waals surface area contributed by atoms with Crippen LogP contribution in [0.15, 0.2) is 69.3 Å². The Morgan fingerprint density at radius 3 is 2.94 bits per heavy atom. The van der Waals surface area contributed by atoms with Gasteiger partial charge in [0.2, 0.25) is 11.8 Å². The number of hydrogen-bond acceptors (Lipinski definition) is 5. The fraction of sp³-hybridized carbons (Fsp3) is 0.217. The van der Waals surface area contributed by atoms with Gasteiger partial charge in [-0.2, -0.15) is 0 Å². The Labute approximate surface area is 175 Å². The molecule has 5 rings (SSSR count). The van der Waals surface area contributed by atoms with Crippen LogP contribution in [-0.2, 0) is 13.0 Å². The van der Waals surface area contributed by atoms with Gasteiger partial charge in [0.1, 0.15) is 11.3 Å². The van der Waals surface area contributed by atoms with Crippen molar-refractivity contribution in [3.05, 3.63) is 86.2 Å². The summed E-state index contributed by atoms with van der Waals surface area (Å²) in [5.41, 5.74) is 2.07. The lowest BCUT2D eigenvalue weighted by molar-refractivity contribution is -0.509. The maximum atomic E-state index is 14.6. The molecule has 3 heterocycles. The molecule has 3 aromatic heterocycles. The molecule has 156 valence electrons. The van der Waals surface area contributed by atoms with Crippen molar-refractivity contribution in [1.29, 1.82) is 0 Å². The highest BCUT2D eigenvalue weighted by atomic mass is 19.1. The van der Waals surface area contributed by atoms with Crippen molar-refractivity contribution in [2.75, 3.05) is 0 Å². The molecule has 0 saturated carbocycles. The summed E-state index contributed by atoms with van der Waals surface area (Å²) in [5.74, 6) is -0.509. The number of fused-ring (bicyclic) bond motifs is 5. The average molecular weight is 419 g/mol. The number of aromatic nitrogens is 2. The van der Waals surface area contributed by atoms with Crippen LogP contribution in [0.4, 0.5) is 4.39 Å². The normalized spacial score (nSPS) is 16.6. The summed E-state index contributed by atoms with van der Waals surface area (Å²) in [7, 11) is 0. The zero-order valence-electron chi connectivity index (χ0n) is 16.7. The van der Waals surface area contributed by atoms with Crippen LogP contribution < -0.4 is 5.63 Å². The van der Waals surface area contributed by atoms with Crippen LogP contribution in [0.25, 0.3) is 32.9 Å². The molecule has 31 heavy (non-hydrogen) atoms. The first-order chi connectivity index (χ1) is 15.0. The van der Waals surface area contributed by atoms with Crippen molar-refractivity contribution >= 4 is 32.9 Å². The van der Waals surface area contributed by atoms with Crippen LogP contribution in [0.5, 0.6) is 0 Å². The van der Waals surface area contributed by atoms with E-state index in [-0.39, 0.29) is 24.3 Å². The third kappa shape index (κ3) is 3.02. The summed E-state index contributed by atoms with van der Waals surface area (Å²) in [6.45, 7) is 2.06. The summed E-state index contributed by atoms with van der Waals surface area (Å²) in [4.78, 5) is 28.0. The van der Waals surface area contributed by atoms with E-state index in [1.807, 2.05) is 31.2 Å². The monoisotopic (exact) mass is 419 g/mol. The number of benzene rings is 1. The van der Waals surface area contributed by atoms with Crippen molar-refractivity contribution in [2.24, 2.45) is 0 Å². The van der Waals surface area contributed by atoms with Gasteiger partial charge in [-0.15, -0.1) is 0 Å². The second-order valence-corrected chi connectivity index (χ2v) is 7.63. The highest BCUT2D eigenvalue weighted by molar-refractivity contribution is 6.18. The number of halogens is 1. The standard InChI is InChI=1S/C23H18FN3O4/c1-2-13-5-8-19-17(10-13)20-16-4-3-9-25-22(16)31-23(28)21(20)26(19)12-14-11-15(27(29)30)6-7-18(14)24/h3-10,15H,2,11-12H2,1H3. The molecule has 0 radical (unpaired) electrons. The molecule has 1 aromatic carbocycles. The maximum Gasteiger partial charge on any atom is 0.362 e. The molecule has 8 heteroatoms. The van der Waals surface area contributed by atoms with Crippen LogP contribution in [0.2, 0.25) is 0 Å². The number of hydrogen-bond donors (Lipinski definition) is 0. The Hall–Kier alpha value is -3.81. The molecule has 0 N–H and O–H groups in total. The van der Waals surface area contributed by atoms with E-state index in [2.05, 4.69) is 4.98 Å². The first-order valence-electron chi connectivity index (χ1n) is 9.99. The molecule has 7 nitrogen and oxygen atoms in total. The van der Waals surface area contributed by atoms with Crippen LogP contribution in [-0.4, -0.2) is 20.5 Å². The van der Waals surface area contributed by atoms with Crippen LogP contribution in [0.1, 0.15) is 18.9 Å². The van der Waals surface area contributed by atoms with E-state index in [0.717, 1.165) is 29.0 Å². The molecule has 1 aliphatic rings. The van der Waals surface area contributed by atoms with E-state index in [4.69, 9.17) is 4.42 Å². The molecule has 0 amide bonds. The largest absolute Gasteiger partial charge is 0.402 e. The molecule has 0 saturated heterocycles. The lowest BCUT2D eigenvalue weighted by atomic mass is 10.00. The van der Waals surface area contributed by atoms with Crippen LogP contribution in [0.3, 0.4) is 0 Å². The second kappa shape index (κ2) is 7.16. The summed E-state index contributed by atoms with van der Waals surface area (Å²) in [6.07, 6.45) is 4.71. The second-order valence-electron chi connectivity index (χ2n) is 7.63. The minimum Gasteiger partial charge on any atom is -0.402 e. The maximum absolute atomic E-state index is 14.6. The van der Waals surface area contributed by atoms with Crippen molar-refractivity contribution in [3.8, 4) is 0 Å². The zero-order chi connectivity index (χ0) is 21.7. The van der Waals surface area contributed by atoms with E-state index in [1.54, 1.807) is 16.8 Å². The summed E-state index contributed by atoms with van der Waals surface area (Å²) in [6, 6.07) is 8.50. The van der Waals surface area contributed by atoms with Crippen LogP contribution in [0, 0.1) is 10.1 Å². The van der Waals surface area contributed by atoms with Gasteiger partial charge in [-0.1, -0.05) is 13.0 Å². The Balaban J connectivity index is 1.82. The third-order valence-corrected chi connectivity index (χ3v) is 5.84. The molecule has 1 atom stereocenters. The highest BCUT2D eigenvalue weighted by Gasteiger charge is 2.27. The molecule has 4 aromatic rings. The number of rotatable bonds is 4. The molecular weight excluding hydrogens is 401 g/mol. The third-order valence-electron chi connectivity index (χ3n) is 5.84. The van der Waals surface area contributed by atoms with E-state index >= 15 is 0 Å². The van der Waals surface area contributed by atoms with Gasteiger partial charge in [0.15, 0.2) is 0 Å². The van der Waals surface area contributed by atoms with Crippen molar-refractivity contribution in [3.63, 3.8) is 0 Å². The summed E-state index contributed by atoms with van der Waals surface area (Å²) < 4.78 is 21.8. The Morgan fingerprint density at radius 2 is 2.16 bits per heavy atom. The van der Waals surface area contributed by atoms with Gasteiger partial charge >= 0.3 is 5.63 Å². The summed E-state index contributed by atoms with van der Waals surface area (Å²) in [5, 5.41) is 13.5. The lowest BCUT2D eigenvalue weighted by Gasteiger charge is -2.16. The van der Waals surface area contributed by atoms with E-state index in [1.165, 1.54) is 6.08 Å². The zero-order valence-corrected chi connectivity index (χ0v) is 16.7. The number of nitrogens with zero attached hydrogens (tertiary/aromatic N) is 3. The Bertz CT molecular complexity index is 1500. The SMILES string of the molecule is CCc1ccc2c(c1)c1c3cccnc3oc(=O)c1n2CC1=C(F)C=CC([N+](=O)[O-])C1. The predicted molar refractivity (Wildman–Crippen MR) is 115 cm³/mol. The highest BCUT2D eigenvalue weighted by Crippen LogP contribution is 2.35. The van der Waals surface area contributed by atoms with E-state index < -0.39 is 22.4 Å². The average Bonchev–Trinajstić information content (AvgIpc) is 3.09. The smallest absolute Gasteiger partial charge is 0.362 e. The van der Waals surface area contributed by atoms with E-state index in [9.17, 15) is 19.3 Å². The Kier molecular flexibility index (Phi) is 4.43. The number of allylic oxidation sites excluding steroid dienone is 2. The van der Waals surface area contributed by atoms with Gasteiger partial charge in [0.25, 0.3) is 0 Å². The van der Waals surface area contributed by atoms with Crippen molar-refractivity contribution < 1.29 is 13.7 Å². The van der Waals surface area contributed by atoms with Gasteiger partial charge < -0.3 is 8.98 Å². The first-order valence-corrected chi connectivity index (χ1v) is 9.99. The summed E-state index contributed by atoms with van der Waals surface area (Å²) >= 11 is 0. The fourth-order valence-corrected chi connectivity index (χ4v) is 4.28. The molecule has 0 fully saturated rings. The molecular formula is C23H18FN3O4. The van der Waals surface area contributed by atoms with E-state index in [0.29, 0.717) is 16.3 Å². The van der Waals surface area contributed by atoms with Gasteiger partial charge in [-0.05, 0) is 54.0 Å². The van der Waals surface area contributed by atoms with Gasteiger partial charge in [0.05, 0.1) is 0 Å². The minimum absolute atomic E-state index is 0.0164. The van der Waals surface area contributed by atoms with Gasteiger partial charge in [-0.3, -0.25) is 10.1 Å². The van der Waals surface area contributed by atoms with Gasteiger partial charge in [-0.25, -0.2) is 14.2 Å². The fourth-order valence-electron chi connectivity index (χ4n) is 4.28. The predicted octanol–water partition coefficient (Wildman–Crippen LogP) is 4.69. The van der Waals surface area contributed by atoms with Crippen molar-refractivity contribution in [2.45, 2.75) is 32.4 Å². The number of nitro groups is 1. The topological polar surface area (TPSA) is 91.2 Å².